The highest BCUT2D eigenvalue weighted by Gasteiger charge is 2.43. The van der Waals surface area contributed by atoms with E-state index in [0.29, 0.717) is 32.6 Å². The number of hydrogen-bond acceptors (Lipinski definition) is 6. The molecule has 3 aromatic carbocycles. The predicted octanol–water partition coefficient (Wildman–Crippen LogP) is 6.75. The Morgan fingerprint density at radius 2 is 1.79 bits per heavy atom. The minimum absolute atomic E-state index is 0.0582. The second-order valence-corrected chi connectivity index (χ2v) is 8.57. The van der Waals surface area contributed by atoms with Crippen LogP contribution in [0.1, 0.15) is 19.4 Å². The third kappa shape index (κ3) is 5.28. The molecule has 0 saturated carbocycles. The smallest absolute Gasteiger partial charge is 0.400 e. The molecule has 1 heterocycles. The lowest BCUT2D eigenvalue weighted by atomic mass is 10.00. The number of fused-ring (bicyclic) bond motifs is 1. The van der Waals surface area contributed by atoms with Crippen molar-refractivity contribution in [3.63, 3.8) is 0 Å². The molecule has 2 atom stereocenters. The van der Waals surface area contributed by atoms with Gasteiger partial charge in [0.25, 0.3) is 0 Å². The number of aromatic nitrogens is 1. The molecule has 2 unspecified atom stereocenters. The third-order valence-electron chi connectivity index (χ3n) is 5.34. The molecule has 0 spiro atoms. The maximum atomic E-state index is 12.1. The standard InChI is InChI=1S/C25H21Cl2NO6/c1-15(31-14-16-5-3-4-6-20(16)27)25(2,23(29)30)34-19-10-8-18(9-11-19)32-24-28-21-12-7-17(26)13-22(21)33-24/h3-13,15H,14H2,1-2H3,(H,29,30). The zero-order valence-corrected chi connectivity index (χ0v) is 19.8. The molecule has 7 nitrogen and oxygen atoms in total. The van der Waals surface area contributed by atoms with Gasteiger partial charge in [0.1, 0.15) is 23.1 Å². The summed E-state index contributed by atoms with van der Waals surface area (Å²) in [6.45, 7) is 3.25. The van der Waals surface area contributed by atoms with Crippen LogP contribution in [0.4, 0.5) is 0 Å². The molecule has 0 aliphatic heterocycles. The van der Waals surface area contributed by atoms with Crippen LogP contribution < -0.4 is 9.47 Å². The average molecular weight is 502 g/mol. The summed E-state index contributed by atoms with van der Waals surface area (Å²) in [4.78, 5) is 16.3. The molecule has 0 aliphatic carbocycles. The van der Waals surface area contributed by atoms with Gasteiger partial charge in [-0.15, -0.1) is 0 Å². The van der Waals surface area contributed by atoms with Crippen LogP contribution in [-0.2, 0) is 16.1 Å². The van der Waals surface area contributed by atoms with Crippen LogP contribution >= 0.6 is 23.2 Å². The van der Waals surface area contributed by atoms with E-state index in [1.165, 1.54) is 6.92 Å². The second-order valence-electron chi connectivity index (χ2n) is 7.72. The van der Waals surface area contributed by atoms with E-state index < -0.39 is 17.7 Å². The Kier molecular flexibility index (Phi) is 6.97. The van der Waals surface area contributed by atoms with Crippen molar-refractivity contribution in [2.45, 2.75) is 32.2 Å². The van der Waals surface area contributed by atoms with Gasteiger partial charge in [-0.2, -0.15) is 4.98 Å². The van der Waals surface area contributed by atoms with Crippen LogP contribution in [0.25, 0.3) is 11.1 Å². The average Bonchev–Trinajstić information content (AvgIpc) is 3.20. The van der Waals surface area contributed by atoms with Crippen molar-refractivity contribution in [1.82, 2.24) is 4.98 Å². The van der Waals surface area contributed by atoms with Crippen molar-refractivity contribution < 1.29 is 28.5 Å². The van der Waals surface area contributed by atoms with Crippen molar-refractivity contribution in [2.75, 3.05) is 0 Å². The molecule has 9 heteroatoms. The first kappa shape index (κ1) is 23.9. The molecule has 0 saturated heterocycles. The quantitative estimate of drug-likeness (QED) is 0.271. The minimum Gasteiger partial charge on any atom is -0.478 e. The van der Waals surface area contributed by atoms with E-state index >= 15 is 0 Å². The third-order valence-corrected chi connectivity index (χ3v) is 5.94. The van der Waals surface area contributed by atoms with Crippen molar-refractivity contribution in [3.8, 4) is 17.6 Å². The number of hydrogen-bond donors (Lipinski definition) is 1. The largest absolute Gasteiger partial charge is 0.478 e. The van der Waals surface area contributed by atoms with E-state index in [0.717, 1.165) is 5.56 Å². The molecule has 0 radical (unpaired) electrons. The van der Waals surface area contributed by atoms with E-state index in [2.05, 4.69) is 4.98 Å². The number of benzene rings is 3. The second kappa shape index (κ2) is 9.93. The summed E-state index contributed by atoms with van der Waals surface area (Å²) in [7, 11) is 0. The molecule has 0 fully saturated rings. The Bertz CT molecular complexity index is 1310. The lowest BCUT2D eigenvalue weighted by molar-refractivity contribution is -0.168. The fourth-order valence-corrected chi connectivity index (χ4v) is 3.48. The number of rotatable bonds is 9. The molecule has 1 N–H and O–H groups in total. The van der Waals surface area contributed by atoms with Gasteiger partial charge in [-0.25, -0.2) is 4.79 Å². The fraction of sp³-hybridized carbons (Fsp3) is 0.200. The normalized spacial score (nSPS) is 13.9. The summed E-state index contributed by atoms with van der Waals surface area (Å²) in [5.74, 6) is -0.399. The monoisotopic (exact) mass is 501 g/mol. The first-order chi connectivity index (χ1) is 16.2. The van der Waals surface area contributed by atoms with Crippen LogP contribution in [-0.4, -0.2) is 27.8 Å². The zero-order valence-electron chi connectivity index (χ0n) is 18.3. The van der Waals surface area contributed by atoms with Crippen molar-refractivity contribution in [1.29, 1.82) is 0 Å². The van der Waals surface area contributed by atoms with Gasteiger partial charge < -0.3 is 23.7 Å². The van der Waals surface area contributed by atoms with E-state index in [9.17, 15) is 9.90 Å². The van der Waals surface area contributed by atoms with Crippen molar-refractivity contribution in [3.05, 3.63) is 82.3 Å². The molecule has 0 aliphatic rings. The van der Waals surface area contributed by atoms with Gasteiger partial charge in [0, 0.05) is 16.1 Å². The summed E-state index contributed by atoms with van der Waals surface area (Å²) in [6, 6.07) is 18.7. The Morgan fingerprint density at radius 1 is 1.09 bits per heavy atom. The van der Waals surface area contributed by atoms with Gasteiger partial charge >= 0.3 is 12.0 Å². The fourth-order valence-electron chi connectivity index (χ4n) is 3.13. The molecule has 4 aromatic rings. The van der Waals surface area contributed by atoms with Gasteiger partial charge in [-0.3, -0.25) is 0 Å². The minimum atomic E-state index is -1.65. The number of ether oxygens (including phenoxy) is 3. The highest BCUT2D eigenvalue weighted by atomic mass is 35.5. The SMILES string of the molecule is CC(OCc1ccccc1Cl)C(C)(Oc1ccc(Oc2nc3ccc(Cl)cc3o2)cc1)C(=O)O. The number of halogens is 2. The van der Waals surface area contributed by atoms with Gasteiger partial charge in [-0.05, 0) is 61.9 Å². The number of aliphatic carboxylic acids is 1. The zero-order chi connectivity index (χ0) is 24.3. The molecule has 0 amide bonds. The van der Waals surface area contributed by atoms with Crippen LogP contribution in [0.15, 0.2) is 71.1 Å². The van der Waals surface area contributed by atoms with Gasteiger partial charge in [0.2, 0.25) is 5.60 Å². The number of carboxylic acids is 1. The van der Waals surface area contributed by atoms with Crippen LogP contribution in [0, 0.1) is 0 Å². The van der Waals surface area contributed by atoms with Crippen molar-refractivity contribution >= 4 is 40.3 Å². The van der Waals surface area contributed by atoms with Gasteiger partial charge in [0.15, 0.2) is 5.58 Å². The summed E-state index contributed by atoms with van der Waals surface area (Å²) in [5.41, 5.74) is 0.225. The molecule has 4 rings (SSSR count). The van der Waals surface area contributed by atoms with Gasteiger partial charge in [0.05, 0.1) is 6.61 Å². The molecular formula is C25H21Cl2NO6. The Balaban J connectivity index is 1.43. The van der Waals surface area contributed by atoms with Gasteiger partial charge in [-0.1, -0.05) is 41.4 Å². The molecule has 0 bridgehead atoms. The van der Waals surface area contributed by atoms with E-state index in [-0.39, 0.29) is 12.7 Å². The van der Waals surface area contributed by atoms with E-state index in [1.54, 1.807) is 55.5 Å². The maximum absolute atomic E-state index is 12.1. The first-order valence-electron chi connectivity index (χ1n) is 10.4. The number of carboxylic acid groups (broad SMARTS) is 1. The summed E-state index contributed by atoms with van der Waals surface area (Å²) in [6.07, 6.45) is -0.730. The summed E-state index contributed by atoms with van der Waals surface area (Å²) >= 11 is 12.1. The lowest BCUT2D eigenvalue weighted by Crippen LogP contribution is -2.51. The van der Waals surface area contributed by atoms with Crippen LogP contribution in [0.5, 0.6) is 17.6 Å². The highest BCUT2D eigenvalue weighted by Crippen LogP contribution is 2.30. The van der Waals surface area contributed by atoms with E-state index in [4.69, 9.17) is 41.8 Å². The Labute approximate surface area is 205 Å². The Morgan fingerprint density at radius 3 is 2.50 bits per heavy atom. The van der Waals surface area contributed by atoms with Crippen LogP contribution in [0.2, 0.25) is 10.0 Å². The topological polar surface area (TPSA) is 91.0 Å². The molecule has 176 valence electrons. The highest BCUT2D eigenvalue weighted by molar-refractivity contribution is 6.31. The lowest BCUT2D eigenvalue weighted by Gasteiger charge is -2.32. The number of carbonyl (C=O) groups is 1. The molecule has 1 aromatic heterocycles. The van der Waals surface area contributed by atoms with Crippen molar-refractivity contribution in [2.24, 2.45) is 0 Å². The Hall–Kier alpha value is -3.26. The first-order valence-corrected chi connectivity index (χ1v) is 11.1. The maximum Gasteiger partial charge on any atom is 0.400 e. The van der Waals surface area contributed by atoms with E-state index in [1.807, 2.05) is 18.2 Å². The summed E-state index contributed by atoms with van der Waals surface area (Å²) in [5, 5.41) is 10.9. The predicted molar refractivity (Wildman–Crippen MR) is 128 cm³/mol. The summed E-state index contributed by atoms with van der Waals surface area (Å²) < 4.78 is 22.8. The van der Waals surface area contributed by atoms with Crippen LogP contribution in [0.3, 0.4) is 0 Å². The molecule has 34 heavy (non-hydrogen) atoms. The number of oxazole rings is 1. The number of nitrogens with zero attached hydrogens (tertiary/aromatic N) is 1. The molecular weight excluding hydrogens is 481 g/mol.